The zero-order valence-electron chi connectivity index (χ0n) is 15.5. The summed E-state index contributed by atoms with van der Waals surface area (Å²) in [6, 6.07) is 9.93. The predicted octanol–water partition coefficient (Wildman–Crippen LogP) is 4.83. The van der Waals surface area contributed by atoms with E-state index in [0.29, 0.717) is 0 Å². The smallest absolute Gasteiger partial charge is 0.244 e. The quantitative estimate of drug-likeness (QED) is 0.598. The molecule has 0 saturated carbocycles. The molecule has 0 aliphatic heterocycles. The zero-order valence-corrected chi connectivity index (χ0v) is 16.5. The molecular weight excluding hydrogens is 302 g/mol. The molecule has 0 heterocycles. The van der Waals surface area contributed by atoms with Gasteiger partial charge in [-0.05, 0) is 37.5 Å². The molecule has 1 rings (SSSR count). The second-order valence-corrected chi connectivity index (χ2v) is 12.3. The van der Waals surface area contributed by atoms with Crippen molar-refractivity contribution in [3.63, 3.8) is 0 Å². The van der Waals surface area contributed by atoms with Crippen LogP contribution in [0, 0.1) is 0 Å². The molecule has 0 aromatic heterocycles. The average molecular weight is 334 g/mol. The molecule has 3 nitrogen and oxygen atoms in total. The van der Waals surface area contributed by atoms with E-state index in [1.54, 1.807) is 6.08 Å². The van der Waals surface area contributed by atoms with Crippen molar-refractivity contribution in [3.8, 4) is 0 Å². The van der Waals surface area contributed by atoms with Gasteiger partial charge in [-0.1, -0.05) is 57.2 Å². The van der Waals surface area contributed by atoms with Crippen molar-refractivity contribution < 1.29 is 9.22 Å². The van der Waals surface area contributed by atoms with E-state index < -0.39 is 8.32 Å². The van der Waals surface area contributed by atoms with Crippen molar-refractivity contribution in [3.05, 3.63) is 48.0 Å². The summed E-state index contributed by atoms with van der Waals surface area (Å²) in [5.74, 6) is -0.0907. The van der Waals surface area contributed by atoms with Gasteiger partial charge in [0.05, 0.1) is 12.1 Å². The van der Waals surface area contributed by atoms with E-state index in [1.807, 2.05) is 50.3 Å². The van der Waals surface area contributed by atoms with Crippen LogP contribution in [0.3, 0.4) is 0 Å². The van der Waals surface area contributed by atoms with E-state index >= 15 is 0 Å². The van der Waals surface area contributed by atoms with Crippen molar-refractivity contribution in [2.45, 2.75) is 64.9 Å². The van der Waals surface area contributed by atoms with Crippen LogP contribution >= 0.6 is 0 Å². The molecule has 2 atom stereocenters. The third-order valence-corrected chi connectivity index (χ3v) is 9.04. The molecule has 1 aromatic rings. The summed E-state index contributed by atoms with van der Waals surface area (Å²) in [7, 11) is -1.81. The number of amides is 1. The van der Waals surface area contributed by atoms with Crippen molar-refractivity contribution in [1.29, 1.82) is 0 Å². The van der Waals surface area contributed by atoms with Gasteiger partial charge in [0.15, 0.2) is 8.32 Å². The van der Waals surface area contributed by atoms with E-state index in [4.69, 9.17) is 4.43 Å². The van der Waals surface area contributed by atoms with Crippen LogP contribution in [0.1, 0.15) is 46.2 Å². The van der Waals surface area contributed by atoms with Crippen molar-refractivity contribution in [2.75, 3.05) is 0 Å². The Labute approximate surface area is 142 Å². The van der Waals surface area contributed by atoms with E-state index in [-0.39, 0.29) is 23.1 Å². The highest BCUT2D eigenvalue weighted by molar-refractivity contribution is 6.74. The normalized spacial score (nSPS) is 15.4. The molecule has 1 aromatic carbocycles. The number of hydrogen-bond donors (Lipinski definition) is 1. The third-order valence-electron chi connectivity index (χ3n) is 4.46. The van der Waals surface area contributed by atoms with Gasteiger partial charge in [0.25, 0.3) is 0 Å². The maximum atomic E-state index is 12.1. The fourth-order valence-electron chi connectivity index (χ4n) is 1.99. The minimum atomic E-state index is -1.81. The van der Waals surface area contributed by atoms with Crippen LogP contribution in [0.15, 0.2) is 42.5 Å². The van der Waals surface area contributed by atoms with Gasteiger partial charge in [-0.15, -0.1) is 0 Å². The lowest BCUT2D eigenvalue weighted by Crippen LogP contribution is -2.43. The lowest BCUT2D eigenvalue weighted by molar-refractivity contribution is -0.117. The van der Waals surface area contributed by atoms with Crippen LogP contribution in [0.25, 0.3) is 0 Å². The van der Waals surface area contributed by atoms with E-state index in [2.05, 4.69) is 39.2 Å². The molecule has 1 amide bonds. The number of hydrogen-bond acceptors (Lipinski definition) is 2. The average Bonchev–Trinajstić information content (AvgIpc) is 2.44. The first-order valence-corrected chi connectivity index (χ1v) is 11.2. The highest BCUT2D eigenvalue weighted by Gasteiger charge is 2.38. The molecule has 4 heteroatoms. The Balaban J connectivity index is 2.55. The van der Waals surface area contributed by atoms with Gasteiger partial charge < -0.3 is 9.74 Å². The third kappa shape index (κ3) is 6.32. The van der Waals surface area contributed by atoms with Crippen LogP contribution in [0.5, 0.6) is 0 Å². The molecule has 0 radical (unpaired) electrons. The fraction of sp³-hybridized carbons (Fsp3) is 0.526. The molecule has 1 N–H and O–H groups in total. The molecule has 0 saturated heterocycles. The Hall–Kier alpha value is -1.39. The van der Waals surface area contributed by atoms with Crippen LogP contribution in [-0.4, -0.2) is 20.3 Å². The van der Waals surface area contributed by atoms with Crippen molar-refractivity contribution in [2.24, 2.45) is 0 Å². The zero-order chi connectivity index (χ0) is 17.7. The summed E-state index contributed by atoms with van der Waals surface area (Å²) >= 11 is 0. The van der Waals surface area contributed by atoms with Gasteiger partial charge in [-0.2, -0.15) is 0 Å². The SMILES string of the molecule is C[C@H](/C=C/C(=O)N[C@@H](C)c1ccccc1)O[Si](C)(C)C(C)(C)C. The Morgan fingerprint density at radius 1 is 1.17 bits per heavy atom. The lowest BCUT2D eigenvalue weighted by Gasteiger charge is -2.37. The first kappa shape index (κ1) is 19.7. The highest BCUT2D eigenvalue weighted by atomic mass is 28.4. The first-order valence-electron chi connectivity index (χ1n) is 8.24. The van der Waals surface area contributed by atoms with Crippen LogP contribution in [-0.2, 0) is 9.22 Å². The highest BCUT2D eigenvalue weighted by Crippen LogP contribution is 2.37. The van der Waals surface area contributed by atoms with E-state index in [9.17, 15) is 4.79 Å². The summed E-state index contributed by atoms with van der Waals surface area (Å²) in [4.78, 5) is 12.1. The lowest BCUT2D eigenvalue weighted by atomic mass is 10.1. The van der Waals surface area contributed by atoms with Crippen LogP contribution in [0.2, 0.25) is 18.1 Å². The van der Waals surface area contributed by atoms with Gasteiger partial charge in [0.2, 0.25) is 5.91 Å². The predicted molar refractivity (Wildman–Crippen MR) is 99.9 cm³/mol. The number of carbonyl (C=O) groups is 1. The van der Waals surface area contributed by atoms with E-state index in [0.717, 1.165) is 5.56 Å². The molecule has 0 aliphatic rings. The second kappa shape index (κ2) is 7.93. The van der Waals surface area contributed by atoms with Crippen LogP contribution < -0.4 is 5.32 Å². The topological polar surface area (TPSA) is 38.3 Å². The molecule has 0 unspecified atom stereocenters. The van der Waals surface area contributed by atoms with Crippen molar-refractivity contribution in [1.82, 2.24) is 5.32 Å². The molecule has 128 valence electrons. The number of rotatable bonds is 6. The maximum Gasteiger partial charge on any atom is 0.244 e. The Morgan fingerprint density at radius 2 is 1.74 bits per heavy atom. The Kier molecular flexibility index (Phi) is 6.78. The summed E-state index contributed by atoms with van der Waals surface area (Å²) in [5.41, 5.74) is 1.10. The van der Waals surface area contributed by atoms with Crippen molar-refractivity contribution >= 4 is 14.2 Å². The fourth-order valence-corrected chi connectivity index (χ4v) is 3.35. The standard InChI is InChI=1S/C19H31NO2Si/c1-15(22-23(6,7)19(3,4)5)13-14-18(21)20-16(2)17-11-9-8-10-12-17/h8-16H,1-7H3,(H,20,21)/b14-13+/t15-,16+/m1/s1. The molecule has 0 spiro atoms. The Morgan fingerprint density at radius 3 is 2.26 bits per heavy atom. The molecule has 0 fully saturated rings. The summed E-state index contributed by atoms with van der Waals surface area (Å²) in [6.07, 6.45) is 3.36. The molecular formula is C19H31NO2Si. The largest absolute Gasteiger partial charge is 0.411 e. The number of benzene rings is 1. The van der Waals surface area contributed by atoms with E-state index in [1.165, 1.54) is 0 Å². The summed E-state index contributed by atoms with van der Waals surface area (Å²) in [5, 5.41) is 3.14. The maximum absolute atomic E-state index is 12.1. The first-order chi connectivity index (χ1) is 10.5. The second-order valence-electron chi connectivity index (χ2n) is 7.58. The number of carbonyl (C=O) groups excluding carboxylic acids is 1. The summed E-state index contributed by atoms with van der Waals surface area (Å²) < 4.78 is 6.21. The van der Waals surface area contributed by atoms with Gasteiger partial charge in [-0.3, -0.25) is 4.79 Å². The minimum Gasteiger partial charge on any atom is -0.411 e. The van der Waals surface area contributed by atoms with Gasteiger partial charge in [0, 0.05) is 6.08 Å². The molecule has 0 bridgehead atoms. The molecule has 23 heavy (non-hydrogen) atoms. The van der Waals surface area contributed by atoms with Gasteiger partial charge in [0.1, 0.15) is 0 Å². The summed E-state index contributed by atoms with van der Waals surface area (Å²) in [6.45, 7) is 15.0. The molecule has 0 aliphatic carbocycles. The monoisotopic (exact) mass is 333 g/mol. The van der Waals surface area contributed by atoms with Gasteiger partial charge >= 0.3 is 0 Å². The minimum absolute atomic E-state index is 0.00929. The Bertz CT molecular complexity index is 532. The number of nitrogens with one attached hydrogen (secondary N) is 1. The van der Waals surface area contributed by atoms with Gasteiger partial charge in [-0.25, -0.2) is 0 Å². The van der Waals surface area contributed by atoms with Crippen LogP contribution in [0.4, 0.5) is 0 Å².